The van der Waals surface area contributed by atoms with Gasteiger partial charge in [-0.15, -0.1) is 0 Å². The molecule has 0 aliphatic heterocycles. The molecular formula is C21H25BrN2O5. The Kier molecular flexibility index (Phi) is 7.50. The van der Waals surface area contributed by atoms with Crippen LogP contribution >= 0.6 is 15.9 Å². The van der Waals surface area contributed by atoms with Crippen LogP contribution in [0, 0.1) is 0 Å². The SMILES string of the molecule is COc1cc(CNc2ccc(C(=O)O)cc2)c(Br)cc1OCC(=O)NC(C)(C)C. The second-order valence-electron chi connectivity index (χ2n) is 7.42. The highest BCUT2D eigenvalue weighted by Gasteiger charge is 2.16. The summed E-state index contributed by atoms with van der Waals surface area (Å²) in [6, 6.07) is 10.1. The third-order valence-corrected chi connectivity index (χ3v) is 4.56. The molecule has 0 saturated heterocycles. The van der Waals surface area contributed by atoms with Crippen LogP contribution in [-0.2, 0) is 11.3 Å². The summed E-state index contributed by atoms with van der Waals surface area (Å²) in [5, 5.41) is 15.0. The fraction of sp³-hybridized carbons (Fsp3) is 0.333. The number of amides is 1. The average molecular weight is 465 g/mol. The lowest BCUT2D eigenvalue weighted by molar-refractivity contribution is -0.124. The van der Waals surface area contributed by atoms with Gasteiger partial charge in [0.25, 0.3) is 5.91 Å². The molecule has 0 spiro atoms. The molecule has 3 N–H and O–H groups in total. The maximum atomic E-state index is 12.0. The van der Waals surface area contributed by atoms with Gasteiger partial charge in [-0.05, 0) is 62.7 Å². The molecule has 2 aromatic rings. The standard InChI is InChI=1S/C21H25BrN2O5/c1-21(2,3)24-19(25)12-29-18-10-16(22)14(9-17(18)28-4)11-23-15-7-5-13(6-8-15)20(26)27/h5-10,23H,11-12H2,1-4H3,(H,24,25)(H,26,27). The summed E-state index contributed by atoms with van der Waals surface area (Å²) < 4.78 is 11.8. The van der Waals surface area contributed by atoms with Crippen LogP contribution in [0.2, 0.25) is 0 Å². The van der Waals surface area contributed by atoms with Crippen LogP contribution in [-0.4, -0.2) is 36.2 Å². The number of nitrogens with one attached hydrogen (secondary N) is 2. The fourth-order valence-corrected chi connectivity index (χ4v) is 2.97. The van der Waals surface area contributed by atoms with Crippen molar-refractivity contribution in [3.8, 4) is 11.5 Å². The van der Waals surface area contributed by atoms with Crippen molar-refractivity contribution >= 4 is 33.5 Å². The minimum absolute atomic E-state index is 0.117. The average Bonchev–Trinajstić information content (AvgIpc) is 2.64. The number of carbonyl (C=O) groups is 2. The molecule has 29 heavy (non-hydrogen) atoms. The zero-order chi connectivity index (χ0) is 21.6. The van der Waals surface area contributed by atoms with Crippen molar-refractivity contribution in [2.24, 2.45) is 0 Å². The minimum atomic E-state index is -0.962. The maximum absolute atomic E-state index is 12.0. The number of methoxy groups -OCH3 is 1. The molecular weight excluding hydrogens is 440 g/mol. The van der Waals surface area contributed by atoms with Crippen molar-refractivity contribution in [3.05, 3.63) is 52.0 Å². The van der Waals surface area contributed by atoms with Crippen LogP contribution < -0.4 is 20.1 Å². The Hall–Kier alpha value is -2.74. The first-order valence-electron chi connectivity index (χ1n) is 8.96. The summed E-state index contributed by atoms with van der Waals surface area (Å²) in [5.41, 5.74) is 1.61. The highest BCUT2D eigenvalue weighted by Crippen LogP contribution is 2.34. The number of carbonyl (C=O) groups excluding carboxylic acids is 1. The second kappa shape index (κ2) is 9.65. The summed E-state index contributed by atoms with van der Waals surface area (Å²) in [6.45, 7) is 6.07. The Morgan fingerprint density at radius 3 is 2.31 bits per heavy atom. The lowest BCUT2D eigenvalue weighted by Gasteiger charge is -2.21. The monoisotopic (exact) mass is 464 g/mol. The van der Waals surface area contributed by atoms with Gasteiger partial charge in [-0.2, -0.15) is 0 Å². The fourth-order valence-electron chi connectivity index (χ4n) is 2.51. The van der Waals surface area contributed by atoms with Gasteiger partial charge in [-0.1, -0.05) is 15.9 Å². The van der Waals surface area contributed by atoms with Crippen molar-refractivity contribution in [1.82, 2.24) is 5.32 Å². The van der Waals surface area contributed by atoms with Crippen molar-refractivity contribution < 1.29 is 24.2 Å². The molecule has 0 aliphatic rings. The van der Waals surface area contributed by atoms with Crippen LogP contribution in [0.25, 0.3) is 0 Å². The highest BCUT2D eigenvalue weighted by atomic mass is 79.9. The van der Waals surface area contributed by atoms with Crippen molar-refractivity contribution in [2.45, 2.75) is 32.9 Å². The minimum Gasteiger partial charge on any atom is -0.493 e. The number of anilines is 1. The number of hydrogen-bond donors (Lipinski definition) is 3. The zero-order valence-electron chi connectivity index (χ0n) is 16.8. The number of carboxylic acids is 1. The smallest absolute Gasteiger partial charge is 0.335 e. The van der Waals surface area contributed by atoms with E-state index < -0.39 is 5.97 Å². The van der Waals surface area contributed by atoms with Gasteiger partial charge >= 0.3 is 5.97 Å². The third kappa shape index (κ3) is 6.98. The molecule has 0 aromatic heterocycles. The Morgan fingerprint density at radius 1 is 1.10 bits per heavy atom. The van der Waals surface area contributed by atoms with E-state index in [4.69, 9.17) is 14.6 Å². The molecule has 156 valence electrons. The predicted octanol–water partition coefficient (Wildman–Crippen LogP) is 4.06. The zero-order valence-corrected chi connectivity index (χ0v) is 18.4. The Bertz CT molecular complexity index is 876. The van der Waals surface area contributed by atoms with Crippen molar-refractivity contribution in [3.63, 3.8) is 0 Å². The lowest BCUT2D eigenvalue weighted by Crippen LogP contribution is -2.43. The number of aromatic carboxylic acids is 1. The number of halogens is 1. The van der Waals surface area contributed by atoms with E-state index in [1.165, 1.54) is 7.11 Å². The summed E-state index contributed by atoms with van der Waals surface area (Å²) >= 11 is 3.52. The van der Waals surface area contributed by atoms with E-state index in [0.717, 1.165) is 15.7 Å². The van der Waals surface area contributed by atoms with E-state index in [0.29, 0.717) is 18.0 Å². The second-order valence-corrected chi connectivity index (χ2v) is 8.27. The predicted molar refractivity (Wildman–Crippen MR) is 115 cm³/mol. The molecule has 0 atom stereocenters. The number of carboxylic acid groups (broad SMARTS) is 1. The van der Waals surface area contributed by atoms with Crippen LogP contribution in [0.5, 0.6) is 11.5 Å². The molecule has 0 bridgehead atoms. The van der Waals surface area contributed by atoms with Gasteiger partial charge in [-0.3, -0.25) is 4.79 Å². The molecule has 0 unspecified atom stereocenters. The largest absolute Gasteiger partial charge is 0.493 e. The van der Waals surface area contributed by atoms with Crippen LogP contribution in [0.4, 0.5) is 5.69 Å². The Morgan fingerprint density at radius 2 is 1.76 bits per heavy atom. The van der Waals surface area contributed by atoms with Crippen molar-refractivity contribution in [2.75, 3.05) is 19.0 Å². The number of hydrogen-bond acceptors (Lipinski definition) is 5. The molecule has 0 radical (unpaired) electrons. The summed E-state index contributed by atoms with van der Waals surface area (Å²) in [5.74, 6) is -0.213. The van der Waals surface area contributed by atoms with Gasteiger partial charge in [0.05, 0.1) is 12.7 Å². The molecule has 0 saturated carbocycles. The number of rotatable bonds is 8. The molecule has 2 aromatic carbocycles. The van der Waals surface area contributed by atoms with E-state index in [1.54, 1.807) is 30.3 Å². The van der Waals surface area contributed by atoms with Crippen LogP contribution in [0.3, 0.4) is 0 Å². The summed E-state index contributed by atoms with van der Waals surface area (Å²) in [7, 11) is 1.53. The molecule has 2 rings (SSSR count). The van der Waals surface area contributed by atoms with Crippen molar-refractivity contribution in [1.29, 1.82) is 0 Å². The van der Waals surface area contributed by atoms with E-state index in [1.807, 2.05) is 26.8 Å². The third-order valence-electron chi connectivity index (χ3n) is 3.82. The molecule has 1 amide bonds. The van der Waals surface area contributed by atoms with E-state index >= 15 is 0 Å². The summed E-state index contributed by atoms with van der Waals surface area (Å²) in [4.78, 5) is 22.9. The van der Waals surface area contributed by atoms with Gasteiger partial charge in [0.15, 0.2) is 18.1 Å². The van der Waals surface area contributed by atoms with Gasteiger partial charge in [-0.25, -0.2) is 4.79 Å². The topological polar surface area (TPSA) is 96.9 Å². The van der Waals surface area contributed by atoms with Gasteiger partial charge in [0.1, 0.15) is 0 Å². The quantitative estimate of drug-likeness (QED) is 0.544. The highest BCUT2D eigenvalue weighted by molar-refractivity contribution is 9.10. The van der Waals surface area contributed by atoms with E-state index in [2.05, 4.69) is 26.6 Å². The summed E-state index contributed by atoms with van der Waals surface area (Å²) in [6.07, 6.45) is 0. The Labute approximate surface area is 178 Å². The van der Waals surface area contributed by atoms with Crippen LogP contribution in [0.15, 0.2) is 40.9 Å². The van der Waals surface area contributed by atoms with E-state index in [-0.39, 0.29) is 23.6 Å². The number of benzene rings is 2. The van der Waals surface area contributed by atoms with Gasteiger partial charge in [0, 0.05) is 22.2 Å². The first kappa shape index (κ1) is 22.5. The molecule has 7 nitrogen and oxygen atoms in total. The maximum Gasteiger partial charge on any atom is 0.335 e. The van der Waals surface area contributed by atoms with Gasteiger partial charge < -0.3 is 25.2 Å². The normalized spacial score (nSPS) is 10.9. The first-order chi connectivity index (χ1) is 13.6. The van der Waals surface area contributed by atoms with Gasteiger partial charge in [0.2, 0.25) is 0 Å². The first-order valence-corrected chi connectivity index (χ1v) is 9.76. The number of ether oxygens (including phenoxy) is 2. The van der Waals surface area contributed by atoms with E-state index in [9.17, 15) is 9.59 Å². The molecule has 0 fully saturated rings. The molecule has 0 aliphatic carbocycles. The molecule has 8 heteroatoms. The Balaban J connectivity index is 2.05. The lowest BCUT2D eigenvalue weighted by atomic mass is 10.1. The van der Waals surface area contributed by atoms with Crippen LogP contribution in [0.1, 0.15) is 36.7 Å². The molecule has 0 heterocycles.